The molecule has 0 amide bonds. The molecule has 1 aliphatic rings. The summed E-state index contributed by atoms with van der Waals surface area (Å²) < 4.78 is 7.36. The average Bonchev–Trinajstić information content (AvgIpc) is 1.56. The first-order chi connectivity index (χ1) is 50.9. The van der Waals surface area contributed by atoms with Gasteiger partial charge in [-0.2, -0.15) is 0 Å². The van der Waals surface area contributed by atoms with Crippen LogP contribution in [0.15, 0.2) is 146 Å². The summed E-state index contributed by atoms with van der Waals surface area (Å²) in [6, 6.07) is 38.8. The van der Waals surface area contributed by atoms with E-state index in [0.29, 0.717) is 44.6 Å². The molecule has 105 heavy (non-hydrogen) atoms. The summed E-state index contributed by atoms with van der Waals surface area (Å²) >= 11 is 0. The number of rotatable bonds is 36. The predicted molar refractivity (Wildman–Crippen MR) is 438 cm³/mol. The van der Waals surface area contributed by atoms with Crippen molar-refractivity contribution < 1.29 is 0 Å². The molecule has 6 aromatic heterocycles. The Morgan fingerprint density at radius 2 is 0.610 bits per heavy atom. The quantitative estimate of drug-likeness (QED) is 0.0211. The van der Waals surface area contributed by atoms with Gasteiger partial charge in [-0.25, -0.2) is 18.7 Å². The number of fused-ring (bicyclic) bond motifs is 3. The Kier molecular flexibility index (Phi) is 26.6. The molecular weight excluding hydrogens is 1320 g/mol. The van der Waals surface area contributed by atoms with E-state index in [1.807, 2.05) is 70.5 Å². The molecule has 1 aliphatic carbocycles. The molecule has 0 atom stereocenters. The predicted octanol–water partition coefficient (Wildman–Crippen LogP) is 23.5. The minimum atomic E-state index is -1.87. The lowest BCUT2D eigenvalue weighted by molar-refractivity contribution is 0.397. The molecule has 16 heteroatoms. The summed E-state index contributed by atoms with van der Waals surface area (Å²) in [6.45, 7) is 32.7. The van der Waals surface area contributed by atoms with Crippen molar-refractivity contribution in [3.63, 3.8) is 0 Å². The fourth-order valence-corrected chi connectivity index (χ4v) is 27.8. The van der Waals surface area contributed by atoms with Crippen molar-refractivity contribution in [1.82, 2.24) is 69.9 Å². The van der Waals surface area contributed by atoms with E-state index >= 15 is 0 Å². The fourth-order valence-electron chi connectivity index (χ4n) is 17.3. The maximum atomic E-state index is 4.89. The van der Waals surface area contributed by atoms with Crippen LogP contribution in [0.1, 0.15) is 260 Å². The molecule has 11 rings (SSSR count). The second-order valence-electron chi connectivity index (χ2n) is 31.9. The summed E-state index contributed by atoms with van der Waals surface area (Å²) in [5.74, 6) is 7.07. The van der Waals surface area contributed by atoms with Crippen LogP contribution in [-0.4, -0.2) is 86.1 Å². The van der Waals surface area contributed by atoms with Gasteiger partial charge in [0.25, 0.3) is 0 Å². The smallest absolute Gasteiger partial charge is 0.146 e. The molecular formula is C89H116N14Si2. The number of benzene rings is 4. The van der Waals surface area contributed by atoms with Gasteiger partial charge in [0, 0.05) is 40.1 Å². The highest BCUT2D eigenvalue weighted by Crippen LogP contribution is 2.56. The number of hydrogen-bond donors (Lipinski definition) is 0. The van der Waals surface area contributed by atoms with Crippen LogP contribution >= 0.6 is 0 Å². The molecule has 4 aromatic carbocycles. The molecule has 0 N–H and O–H groups in total. The van der Waals surface area contributed by atoms with Gasteiger partial charge >= 0.3 is 0 Å². The van der Waals surface area contributed by atoms with Crippen LogP contribution in [0.5, 0.6) is 0 Å². The average molecular weight is 1440 g/mol. The first-order valence-electron chi connectivity index (χ1n) is 40.1. The lowest BCUT2D eigenvalue weighted by atomic mass is 9.70. The standard InChI is InChI=1S/C89H116N14Si2/c1-15-17-19-21-23-25-27-29-31-33-53-89(54-34-32-30-28-26-24-22-20-18-16-2)81-57-73(85-61-100(96-92-85)75-39-43-77(44-40-75)102-63-87(94-98-102)83-49-35-71(59-90-83)51-55-104(65(3)4,66(5)6)67(7)8)37-47-79(81)80-48-38-74(58-82(80)89)86-62-101(97-93-86)76-41-45-78(46-42-76)103-64-88(95-99-103)84-50-36-72(60-91-84)52-56-105(68(9)10,69(11)12)70(13)14/h35-50,57-70H,15-34,53-54H2,1-14H3. The summed E-state index contributed by atoms with van der Waals surface area (Å²) in [5, 5.41) is 37.4. The van der Waals surface area contributed by atoms with Gasteiger partial charge in [0.1, 0.15) is 38.9 Å². The van der Waals surface area contributed by atoms with Crippen molar-refractivity contribution in [1.29, 1.82) is 0 Å². The largest absolute Gasteiger partial charge is 0.253 e. The third-order valence-electron chi connectivity index (χ3n) is 23.2. The molecule has 0 saturated carbocycles. The maximum Gasteiger partial charge on any atom is 0.146 e. The minimum Gasteiger partial charge on any atom is -0.253 e. The van der Waals surface area contributed by atoms with E-state index in [1.165, 1.54) is 151 Å². The highest BCUT2D eigenvalue weighted by molar-refractivity contribution is 6.91. The van der Waals surface area contributed by atoms with Gasteiger partial charge < -0.3 is 0 Å². The Labute approximate surface area is 629 Å². The van der Waals surface area contributed by atoms with Crippen LogP contribution in [0.25, 0.3) is 79.2 Å². The molecule has 0 radical (unpaired) electrons. The molecule has 0 fully saturated rings. The summed E-state index contributed by atoms with van der Waals surface area (Å²) in [4.78, 5) is 9.59. The van der Waals surface area contributed by atoms with Crippen LogP contribution in [0.4, 0.5) is 0 Å². The van der Waals surface area contributed by atoms with Gasteiger partial charge in [-0.15, -0.1) is 31.5 Å². The highest BCUT2D eigenvalue weighted by Gasteiger charge is 2.45. The van der Waals surface area contributed by atoms with E-state index in [-0.39, 0.29) is 5.41 Å². The zero-order valence-electron chi connectivity index (χ0n) is 65.6. The van der Waals surface area contributed by atoms with Crippen LogP contribution in [0.3, 0.4) is 0 Å². The van der Waals surface area contributed by atoms with E-state index in [2.05, 4.69) is 226 Å². The minimum absolute atomic E-state index is 0.203. The Bertz CT molecular complexity index is 4190. The summed E-state index contributed by atoms with van der Waals surface area (Å²) in [7, 11) is -3.74. The lowest BCUT2D eigenvalue weighted by Gasteiger charge is -2.38. The molecule has 0 bridgehead atoms. The molecule has 14 nitrogen and oxygen atoms in total. The zero-order chi connectivity index (χ0) is 74.1. The third kappa shape index (κ3) is 17.9. The Morgan fingerprint density at radius 1 is 0.324 bits per heavy atom. The summed E-state index contributed by atoms with van der Waals surface area (Å²) in [5.41, 5.74) is 28.5. The first-order valence-corrected chi connectivity index (χ1v) is 44.6. The second kappa shape index (κ2) is 36.1. The molecule has 550 valence electrons. The zero-order valence-corrected chi connectivity index (χ0v) is 67.6. The molecule has 0 aliphatic heterocycles. The number of nitrogens with zero attached hydrogens (tertiary/aromatic N) is 14. The van der Waals surface area contributed by atoms with E-state index in [1.54, 1.807) is 9.36 Å². The van der Waals surface area contributed by atoms with Crippen molar-refractivity contribution in [2.45, 2.75) is 277 Å². The number of pyridine rings is 2. The topological polar surface area (TPSA) is 149 Å². The molecule has 0 unspecified atom stereocenters. The van der Waals surface area contributed by atoms with Crippen LogP contribution in [0, 0.1) is 22.9 Å². The number of hydrogen-bond acceptors (Lipinski definition) is 10. The first kappa shape index (κ1) is 77.4. The van der Waals surface area contributed by atoms with Crippen molar-refractivity contribution in [2.24, 2.45) is 0 Å². The van der Waals surface area contributed by atoms with Crippen LogP contribution in [-0.2, 0) is 5.41 Å². The third-order valence-corrected chi connectivity index (χ3v) is 35.8. The SMILES string of the molecule is CCCCCCCCCCCCC1(CCCCCCCCCCCC)c2cc(-c3cn(-c4ccc(-n5cc(-c6ccc(C#C[Si](C(C)C)(C(C)C)C(C)C)cn6)nn5)cc4)nn3)ccc2-c2ccc(-c3cn(-c4ccc(-n5cc(-c6ccc(C#C[Si](C(C)C)(C(C)C)C(C)C)cn6)nn5)cc4)nn3)cc21. The Hall–Kier alpha value is -8.71. The van der Waals surface area contributed by atoms with Gasteiger partial charge in [0.05, 0.1) is 58.9 Å². The molecule has 0 saturated heterocycles. The van der Waals surface area contributed by atoms with Crippen molar-refractivity contribution in [2.75, 3.05) is 0 Å². The Morgan fingerprint density at radius 3 is 0.895 bits per heavy atom. The van der Waals surface area contributed by atoms with E-state index < -0.39 is 16.1 Å². The monoisotopic (exact) mass is 1440 g/mol. The molecule has 6 heterocycles. The lowest BCUT2D eigenvalue weighted by Crippen LogP contribution is -2.43. The van der Waals surface area contributed by atoms with E-state index in [4.69, 9.17) is 30.6 Å². The molecule has 0 spiro atoms. The second-order valence-corrected chi connectivity index (χ2v) is 43.0. The van der Waals surface area contributed by atoms with Crippen molar-refractivity contribution in [3.8, 4) is 102 Å². The van der Waals surface area contributed by atoms with Gasteiger partial charge in [0.2, 0.25) is 0 Å². The molecule has 10 aromatic rings. The summed E-state index contributed by atoms with van der Waals surface area (Å²) in [6.07, 6.45) is 39.9. The normalized spacial score (nSPS) is 12.8. The van der Waals surface area contributed by atoms with Crippen molar-refractivity contribution in [3.05, 3.63) is 169 Å². The van der Waals surface area contributed by atoms with Gasteiger partial charge in [0.15, 0.2) is 0 Å². The number of aromatic nitrogens is 14. The van der Waals surface area contributed by atoms with Gasteiger partial charge in [-0.05, 0) is 153 Å². The van der Waals surface area contributed by atoms with E-state index in [9.17, 15) is 0 Å². The fraction of sp³-hybridized carbons (Fsp3) is 0.483. The van der Waals surface area contributed by atoms with Crippen LogP contribution < -0.4 is 0 Å². The number of unbranched alkanes of at least 4 members (excludes halogenated alkanes) is 18. The van der Waals surface area contributed by atoms with Crippen LogP contribution in [0.2, 0.25) is 33.2 Å². The van der Waals surface area contributed by atoms with E-state index in [0.717, 1.165) is 80.6 Å². The Balaban J connectivity index is 0.832. The highest BCUT2D eigenvalue weighted by atomic mass is 28.3. The van der Waals surface area contributed by atoms with Gasteiger partial charge in [-0.3, -0.25) is 9.97 Å². The maximum absolute atomic E-state index is 4.89. The van der Waals surface area contributed by atoms with Gasteiger partial charge in [-0.1, -0.05) is 282 Å². The van der Waals surface area contributed by atoms with Crippen molar-refractivity contribution >= 4 is 16.1 Å².